The van der Waals surface area contributed by atoms with E-state index < -0.39 is 0 Å². The van der Waals surface area contributed by atoms with E-state index >= 15 is 0 Å². The van der Waals surface area contributed by atoms with E-state index in [2.05, 4.69) is 16.9 Å². The van der Waals surface area contributed by atoms with E-state index in [1.54, 1.807) is 17.3 Å². The van der Waals surface area contributed by atoms with Crippen LogP contribution in [-0.2, 0) is 11.3 Å². The topological polar surface area (TPSA) is 66.4 Å². The number of carbonyl (C=O) groups excluding carboxylic acids is 2. The van der Waals surface area contributed by atoms with Gasteiger partial charge in [0.2, 0.25) is 5.91 Å². The molecule has 1 atom stereocenters. The van der Waals surface area contributed by atoms with Gasteiger partial charge >= 0.3 is 0 Å². The first-order valence-electron chi connectivity index (χ1n) is 10.1. The molecule has 6 heteroatoms. The Kier molecular flexibility index (Phi) is 5.37. The molecule has 2 fully saturated rings. The van der Waals surface area contributed by atoms with E-state index in [-0.39, 0.29) is 17.9 Å². The maximum atomic E-state index is 13.0. The third-order valence-corrected chi connectivity index (χ3v) is 5.60. The Morgan fingerprint density at radius 1 is 1.14 bits per heavy atom. The highest BCUT2D eigenvalue weighted by Crippen LogP contribution is 2.37. The van der Waals surface area contributed by atoms with E-state index in [4.69, 9.17) is 0 Å². The molecule has 0 spiro atoms. The van der Waals surface area contributed by atoms with Crippen LogP contribution in [0, 0.1) is 0 Å². The van der Waals surface area contributed by atoms with Crippen LogP contribution in [0.3, 0.4) is 0 Å². The van der Waals surface area contributed by atoms with Crippen LogP contribution in [0.4, 0.5) is 0 Å². The molecule has 0 N–H and O–H groups in total. The molecule has 0 unspecified atom stereocenters. The first kappa shape index (κ1) is 18.6. The SMILES string of the molecule is CC[C@H]1CN(C(=O)c2cnc(C3CC3)nc2)CCC(=O)N1Cc1ccccc1. The number of nitrogens with zero attached hydrogens (tertiary/aromatic N) is 4. The Hall–Kier alpha value is -2.76. The van der Waals surface area contributed by atoms with Gasteiger partial charge in [-0.25, -0.2) is 9.97 Å². The van der Waals surface area contributed by atoms with Gasteiger partial charge < -0.3 is 9.80 Å². The smallest absolute Gasteiger partial charge is 0.257 e. The van der Waals surface area contributed by atoms with Crippen LogP contribution < -0.4 is 0 Å². The van der Waals surface area contributed by atoms with Crippen molar-refractivity contribution < 1.29 is 9.59 Å². The number of carbonyl (C=O) groups is 2. The average molecular weight is 378 g/mol. The summed E-state index contributed by atoms with van der Waals surface area (Å²) in [7, 11) is 0. The average Bonchev–Trinajstić information content (AvgIpc) is 3.58. The summed E-state index contributed by atoms with van der Waals surface area (Å²) in [5.41, 5.74) is 1.61. The fourth-order valence-corrected chi connectivity index (χ4v) is 3.74. The van der Waals surface area contributed by atoms with E-state index in [1.165, 1.54) is 0 Å². The van der Waals surface area contributed by atoms with Gasteiger partial charge in [0.05, 0.1) is 5.56 Å². The van der Waals surface area contributed by atoms with E-state index in [9.17, 15) is 9.59 Å². The quantitative estimate of drug-likeness (QED) is 0.802. The standard InChI is InChI=1S/C22H26N4O2/c1-2-19-15-25(22(28)18-12-23-21(24-13-18)17-8-9-17)11-10-20(27)26(19)14-16-6-4-3-5-7-16/h3-7,12-13,17,19H,2,8-11,14-15H2,1H3/t19-/m0/s1. The highest BCUT2D eigenvalue weighted by molar-refractivity contribution is 5.94. The van der Waals surface area contributed by atoms with Crippen molar-refractivity contribution in [2.75, 3.05) is 13.1 Å². The Labute approximate surface area is 165 Å². The molecule has 2 amide bonds. The Morgan fingerprint density at radius 3 is 2.50 bits per heavy atom. The van der Waals surface area contributed by atoms with Gasteiger partial charge in [0, 0.05) is 50.4 Å². The van der Waals surface area contributed by atoms with Crippen LogP contribution in [0.5, 0.6) is 0 Å². The molecule has 1 aliphatic carbocycles. The van der Waals surface area contributed by atoms with Gasteiger partial charge in [-0.15, -0.1) is 0 Å². The highest BCUT2D eigenvalue weighted by Gasteiger charge is 2.32. The van der Waals surface area contributed by atoms with E-state index in [1.807, 2.05) is 35.2 Å². The largest absolute Gasteiger partial charge is 0.336 e. The van der Waals surface area contributed by atoms with Crippen molar-refractivity contribution in [2.24, 2.45) is 0 Å². The molecular formula is C22H26N4O2. The van der Waals surface area contributed by atoms with E-state index in [0.717, 1.165) is 30.7 Å². The number of benzene rings is 1. The van der Waals surface area contributed by atoms with Gasteiger partial charge in [0.25, 0.3) is 5.91 Å². The van der Waals surface area contributed by atoms with Gasteiger partial charge in [-0.1, -0.05) is 37.3 Å². The molecule has 1 aromatic carbocycles. The molecule has 1 aliphatic heterocycles. The van der Waals surface area contributed by atoms with Crippen LogP contribution in [0.25, 0.3) is 0 Å². The van der Waals surface area contributed by atoms with Crippen molar-refractivity contribution >= 4 is 11.8 Å². The first-order chi connectivity index (χ1) is 13.7. The monoisotopic (exact) mass is 378 g/mol. The first-order valence-corrected chi connectivity index (χ1v) is 10.1. The minimum atomic E-state index is -0.0878. The molecule has 1 saturated carbocycles. The summed E-state index contributed by atoms with van der Waals surface area (Å²) < 4.78 is 0. The lowest BCUT2D eigenvalue weighted by molar-refractivity contribution is -0.133. The normalized spacial score (nSPS) is 20.2. The van der Waals surface area contributed by atoms with Gasteiger partial charge in [-0.3, -0.25) is 9.59 Å². The number of hydrogen-bond donors (Lipinski definition) is 0. The molecule has 2 aromatic rings. The number of hydrogen-bond acceptors (Lipinski definition) is 4. The van der Waals surface area contributed by atoms with Gasteiger partial charge in [-0.05, 0) is 24.8 Å². The van der Waals surface area contributed by atoms with Crippen molar-refractivity contribution in [1.82, 2.24) is 19.8 Å². The second kappa shape index (κ2) is 8.09. The van der Waals surface area contributed by atoms with E-state index in [0.29, 0.717) is 37.5 Å². The lowest BCUT2D eigenvalue weighted by Gasteiger charge is -2.31. The Morgan fingerprint density at radius 2 is 1.86 bits per heavy atom. The molecule has 2 aliphatic rings. The predicted molar refractivity (Wildman–Crippen MR) is 106 cm³/mol. The lowest BCUT2D eigenvalue weighted by Crippen LogP contribution is -2.43. The van der Waals surface area contributed by atoms with Gasteiger partial charge in [0.1, 0.15) is 5.82 Å². The summed E-state index contributed by atoms with van der Waals surface area (Å²) in [5, 5.41) is 0. The summed E-state index contributed by atoms with van der Waals surface area (Å²) in [5.74, 6) is 1.32. The molecule has 0 radical (unpaired) electrons. The van der Waals surface area contributed by atoms with Crippen molar-refractivity contribution in [3.63, 3.8) is 0 Å². The summed E-state index contributed by atoms with van der Waals surface area (Å²) in [6.45, 7) is 3.62. The third-order valence-electron chi connectivity index (χ3n) is 5.60. The summed E-state index contributed by atoms with van der Waals surface area (Å²) in [4.78, 5) is 38.2. The van der Waals surface area contributed by atoms with Crippen molar-refractivity contribution in [3.05, 3.63) is 59.7 Å². The minimum Gasteiger partial charge on any atom is -0.336 e. The van der Waals surface area contributed by atoms with Crippen LogP contribution >= 0.6 is 0 Å². The van der Waals surface area contributed by atoms with Gasteiger partial charge in [0.15, 0.2) is 0 Å². The molecule has 6 nitrogen and oxygen atoms in total. The minimum absolute atomic E-state index is 0.00538. The second-order valence-corrected chi connectivity index (χ2v) is 7.67. The zero-order valence-corrected chi connectivity index (χ0v) is 16.3. The number of rotatable bonds is 5. The lowest BCUT2D eigenvalue weighted by atomic mass is 10.1. The summed E-state index contributed by atoms with van der Waals surface area (Å²) >= 11 is 0. The molecule has 4 rings (SSSR count). The molecule has 146 valence electrons. The van der Waals surface area contributed by atoms with Gasteiger partial charge in [-0.2, -0.15) is 0 Å². The van der Waals surface area contributed by atoms with Crippen LogP contribution in [0.2, 0.25) is 0 Å². The third kappa shape index (κ3) is 4.06. The Balaban J connectivity index is 1.48. The van der Waals surface area contributed by atoms with Crippen LogP contribution in [0.15, 0.2) is 42.7 Å². The van der Waals surface area contributed by atoms with Crippen molar-refractivity contribution in [3.8, 4) is 0 Å². The molecule has 0 bridgehead atoms. The molecular weight excluding hydrogens is 352 g/mol. The molecule has 2 heterocycles. The zero-order chi connectivity index (χ0) is 19.5. The summed E-state index contributed by atoms with van der Waals surface area (Å²) in [6, 6.07) is 10.0. The number of amides is 2. The fourth-order valence-electron chi connectivity index (χ4n) is 3.74. The number of aromatic nitrogens is 2. The zero-order valence-electron chi connectivity index (χ0n) is 16.3. The van der Waals surface area contributed by atoms with Crippen molar-refractivity contribution in [2.45, 2.75) is 51.1 Å². The van der Waals surface area contributed by atoms with Crippen LogP contribution in [-0.4, -0.2) is 50.7 Å². The molecule has 1 aromatic heterocycles. The molecule has 1 saturated heterocycles. The maximum Gasteiger partial charge on any atom is 0.257 e. The highest BCUT2D eigenvalue weighted by atomic mass is 16.2. The maximum absolute atomic E-state index is 13.0. The fraction of sp³-hybridized carbons (Fsp3) is 0.455. The van der Waals surface area contributed by atoms with Crippen molar-refractivity contribution in [1.29, 1.82) is 0 Å². The molecule has 28 heavy (non-hydrogen) atoms. The predicted octanol–water partition coefficient (Wildman–Crippen LogP) is 3.01. The Bertz CT molecular complexity index is 833. The second-order valence-electron chi connectivity index (χ2n) is 7.67. The summed E-state index contributed by atoms with van der Waals surface area (Å²) in [6.07, 6.45) is 6.69. The van der Waals surface area contributed by atoms with Crippen LogP contribution in [0.1, 0.15) is 60.3 Å².